The fraction of sp³-hybridized carbons (Fsp3) is 0.385. The third-order valence-corrected chi connectivity index (χ3v) is 5.86. The highest BCUT2D eigenvalue weighted by Crippen LogP contribution is 2.36. The quantitative estimate of drug-likeness (QED) is 0.645. The van der Waals surface area contributed by atoms with E-state index in [4.69, 9.17) is 9.47 Å². The van der Waals surface area contributed by atoms with Crippen molar-refractivity contribution in [3.8, 4) is 5.75 Å². The number of aryl methyl sites for hydroxylation is 2. The van der Waals surface area contributed by atoms with E-state index >= 15 is 0 Å². The van der Waals surface area contributed by atoms with Crippen LogP contribution in [0.5, 0.6) is 5.75 Å². The minimum Gasteiger partial charge on any atom is -0.493 e. The fourth-order valence-corrected chi connectivity index (χ4v) is 3.94. The summed E-state index contributed by atoms with van der Waals surface area (Å²) in [7, 11) is 0. The van der Waals surface area contributed by atoms with E-state index in [2.05, 4.69) is 13.8 Å². The molecule has 0 unspecified atom stereocenters. The lowest BCUT2D eigenvalue weighted by Gasteiger charge is -2.29. The first-order valence-electron chi connectivity index (χ1n) is 11.1. The van der Waals surface area contributed by atoms with Crippen LogP contribution in [0.4, 0.5) is 5.69 Å². The van der Waals surface area contributed by atoms with Crippen LogP contribution in [0.2, 0.25) is 0 Å². The number of hydrogen-bond donors (Lipinski definition) is 0. The molecular weight excluding hydrogens is 404 g/mol. The number of benzene rings is 2. The lowest BCUT2D eigenvalue weighted by molar-refractivity contribution is -0.121. The second kappa shape index (κ2) is 9.17. The van der Waals surface area contributed by atoms with Crippen molar-refractivity contribution in [2.75, 3.05) is 37.8 Å². The van der Waals surface area contributed by atoms with E-state index in [0.717, 1.165) is 16.9 Å². The van der Waals surface area contributed by atoms with E-state index < -0.39 is 0 Å². The van der Waals surface area contributed by atoms with Crippen LogP contribution >= 0.6 is 0 Å². The van der Waals surface area contributed by atoms with Crippen LogP contribution in [0.15, 0.2) is 48.2 Å². The number of amides is 2. The van der Waals surface area contributed by atoms with Gasteiger partial charge in [0, 0.05) is 13.1 Å². The summed E-state index contributed by atoms with van der Waals surface area (Å²) in [6.45, 7) is 11.0. The van der Waals surface area contributed by atoms with Gasteiger partial charge in [-0.3, -0.25) is 9.59 Å². The standard InChI is InChI=1S/C26H30N2O4/c1-17(2)16-32-22-9-6-20(7-10-22)23-24(27-11-13-31-14-12-27)26(30)28(25(23)29)21-8-5-18(3)19(4)15-21/h5-10,15,17H,11-14,16H2,1-4H3. The normalized spacial score (nSPS) is 17.0. The Morgan fingerprint density at radius 3 is 2.25 bits per heavy atom. The van der Waals surface area contributed by atoms with E-state index in [1.807, 2.05) is 61.2 Å². The Balaban J connectivity index is 1.73. The first-order valence-corrected chi connectivity index (χ1v) is 11.1. The van der Waals surface area contributed by atoms with Gasteiger partial charge in [0.2, 0.25) is 0 Å². The molecule has 0 atom stereocenters. The molecule has 0 spiro atoms. The average molecular weight is 435 g/mol. The van der Waals surface area contributed by atoms with Gasteiger partial charge >= 0.3 is 0 Å². The van der Waals surface area contributed by atoms with Crippen molar-refractivity contribution >= 4 is 23.1 Å². The molecule has 6 heteroatoms. The van der Waals surface area contributed by atoms with Gasteiger partial charge in [-0.15, -0.1) is 0 Å². The Kier molecular flexibility index (Phi) is 6.33. The van der Waals surface area contributed by atoms with Gasteiger partial charge in [0.05, 0.1) is 31.1 Å². The SMILES string of the molecule is Cc1ccc(N2C(=O)C(c3ccc(OCC(C)C)cc3)=C(N3CCOCC3)C2=O)cc1C. The van der Waals surface area contributed by atoms with Gasteiger partial charge < -0.3 is 14.4 Å². The van der Waals surface area contributed by atoms with Crippen molar-refractivity contribution < 1.29 is 19.1 Å². The molecule has 4 rings (SSSR count). The number of carbonyl (C=O) groups excluding carboxylic acids is 2. The zero-order valence-electron chi connectivity index (χ0n) is 19.2. The molecule has 2 aromatic rings. The Hall–Kier alpha value is -3.12. The summed E-state index contributed by atoms with van der Waals surface area (Å²) in [4.78, 5) is 30.5. The molecule has 168 valence electrons. The molecule has 2 aromatic carbocycles. The third kappa shape index (κ3) is 4.28. The zero-order chi connectivity index (χ0) is 22.8. The van der Waals surface area contributed by atoms with Crippen LogP contribution in [0.1, 0.15) is 30.5 Å². The summed E-state index contributed by atoms with van der Waals surface area (Å²) >= 11 is 0. The molecule has 0 aromatic heterocycles. The Labute approximate surface area is 189 Å². The molecule has 2 amide bonds. The predicted molar refractivity (Wildman–Crippen MR) is 124 cm³/mol. The van der Waals surface area contributed by atoms with Crippen molar-refractivity contribution in [3.05, 3.63) is 64.9 Å². The smallest absolute Gasteiger partial charge is 0.282 e. The lowest BCUT2D eigenvalue weighted by atomic mass is 10.0. The van der Waals surface area contributed by atoms with E-state index in [0.29, 0.717) is 61.3 Å². The van der Waals surface area contributed by atoms with E-state index in [1.54, 1.807) is 0 Å². The Morgan fingerprint density at radius 1 is 0.938 bits per heavy atom. The van der Waals surface area contributed by atoms with Crippen LogP contribution in [-0.2, 0) is 14.3 Å². The minimum atomic E-state index is -0.296. The van der Waals surface area contributed by atoms with Gasteiger partial charge in [-0.05, 0) is 60.7 Å². The summed E-state index contributed by atoms with van der Waals surface area (Å²) in [6.07, 6.45) is 0. The number of imide groups is 1. The third-order valence-electron chi connectivity index (χ3n) is 5.86. The molecule has 1 saturated heterocycles. The fourth-order valence-electron chi connectivity index (χ4n) is 3.94. The predicted octanol–water partition coefficient (Wildman–Crippen LogP) is 3.95. The largest absolute Gasteiger partial charge is 0.493 e. The molecule has 1 fully saturated rings. The first-order chi connectivity index (χ1) is 15.4. The van der Waals surface area contributed by atoms with Crippen LogP contribution in [0, 0.1) is 19.8 Å². The summed E-state index contributed by atoms with van der Waals surface area (Å²) in [5, 5.41) is 0. The van der Waals surface area contributed by atoms with Crippen molar-refractivity contribution in [2.24, 2.45) is 5.92 Å². The number of morpholine rings is 1. The topological polar surface area (TPSA) is 59.1 Å². The molecule has 0 N–H and O–H groups in total. The summed E-state index contributed by atoms with van der Waals surface area (Å²) in [5.41, 5.74) is 4.36. The zero-order valence-corrected chi connectivity index (χ0v) is 19.2. The molecule has 2 aliphatic rings. The molecule has 0 aliphatic carbocycles. The van der Waals surface area contributed by atoms with Gasteiger partial charge in [0.1, 0.15) is 11.4 Å². The number of anilines is 1. The summed E-state index contributed by atoms with van der Waals surface area (Å²) in [5.74, 6) is 0.593. The maximum absolute atomic E-state index is 13.6. The Morgan fingerprint density at radius 2 is 1.62 bits per heavy atom. The molecule has 0 bridgehead atoms. The second-order valence-corrected chi connectivity index (χ2v) is 8.77. The minimum absolute atomic E-state index is 0.282. The van der Waals surface area contributed by atoms with Crippen molar-refractivity contribution in [2.45, 2.75) is 27.7 Å². The van der Waals surface area contributed by atoms with Crippen LogP contribution in [0.25, 0.3) is 5.57 Å². The van der Waals surface area contributed by atoms with Crippen molar-refractivity contribution in [1.82, 2.24) is 4.90 Å². The highest BCUT2D eigenvalue weighted by molar-refractivity contribution is 6.45. The number of nitrogens with zero attached hydrogens (tertiary/aromatic N) is 2. The highest BCUT2D eigenvalue weighted by atomic mass is 16.5. The monoisotopic (exact) mass is 434 g/mol. The van der Waals surface area contributed by atoms with Gasteiger partial charge in [-0.25, -0.2) is 4.90 Å². The van der Waals surface area contributed by atoms with Crippen LogP contribution in [-0.4, -0.2) is 49.6 Å². The van der Waals surface area contributed by atoms with E-state index in [1.165, 1.54) is 4.90 Å². The van der Waals surface area contributed by atoms with Gasteiger partial charge in [0.15, 0.2) is 0 Å². The molecule has 2 aliphatic heterocycles. The number of rotatable bonds is 6. The number of hydrogen-bond acceptors (Lipinski definition) is 5. The van der Waals surface area contributed by atoms with Gasteiger partial charge in [-0.2, -0.15) is 0 Å². The molecule has 32 heavy (non-hydrogen) atoms. The first kappa shape index (κ1) is 22.1. The second-order valence-electron chi connectivity index (χ2n) is 8.77. The lowest BCUT2D eigenvalue weighted by Crippen LogP contribution is -2.40. The summed E-state index contributed by atoms with van der Waals surface area (Å²) < 4.78 is 11.3. The van der Waals surface area contributed by atoms with Crippen LogP contribution < -0.4 is 9.64 Å². The Bertz CT molecular complexity index is 1050. The molecule has 6 nitrogen and oxygen atoms in total. The average Bonchev–Trinajstić information content (AvgIpc) is 3.05. The van der Waals surface area contributed by atoms with Crippen LogP contribution in [0.3, 0.4) is 0 Å². The maximum atomic E-state index is 13.6. The van der Waals surface area contributed by atoms with Gasteiger partial charge in [0.25, 0.3) is 11.8 Å². The summed E-state index contributed by atoms with van der Waals surface area (Å²) in [6, 6.07) is 13.1. The molecule has 0 radical (unpaired) electrons. The van der Waals surface area contributed by atoms with Crippen molar-refractivity contribution in [3.63, 3.8) is 0 Å². The molecule has 2 heterocycles. The molecule has 0 saturated carbocycles. The van der Waals surface area contributed by atoms with E-state index in [9.17, 15) is 9.59 Å². The number of carbonyl (C=O) groups is 2. The van der Waals surface area contributed by atoms with Gasteiger partial charge in [-0.1, -0.05) is 32.0 Å². The van der Waals surface area contributed by atoms with E-state index in [-0.39, 0.29) is 11.8 Å². The highest BCUT2D eigenvalue weighted by Gasteiger charge is 2.42. The number of ether oxygens (including phenoxy) is 2. The molecular formula is C26H30N2O4. The maximum Gasteiger partial charge on any atom is 0.282 e. The van der Waals surface area contributed by atoms with Crippen molar-refractivity contribution in [1.29, 1.82) is 0 Å².